The van der Waals surface area contributed by atoms with Crippen LogP contribution < -0.4 is 10.1 Å². The van der Waals surface area contributed by atoms with Gasteiger partial charge in [-0.05, 0) is 54.6 Å². The largest absolute Gasteiger partial charge is 0.484 e. The van der Waals surface area contributed by atoms with Crippen molar-refractivity contribution in [1.82, 2.24) is 4.90 Å². The molecular weight excluding hydrogens is 493 g/mol. The summed E-state index contributed by atoms with van der Waals surface area (Å²) in [6, 6.07) is 16.2. The summed E-state index contributed by atoms with van der Waals surface area (Å²) in [4.78, 5) is 50.0. The summed E-state index contributed by atoms with van der Waals surface area (Å²) in [5, 5.41) is 2.32. The first kappa shape index (κ1) is 25.4. The number of carbonyl (C=O) groups is 4. The van der Waals surface area contributed by atoms with Gasteiger partial charge in [-0.2, -0.15) is 13.2 Å². The first-order valence-electron chi connectivity index (χ1n) is 11.0. The highest BCUT2D eigenvalue weighted by Gasteiger charge is 2.35. The third-order valence-electron chi connectivity index (χ3n) is 5.36. The molecule has 3 aromatic rings. The molecule has 0 aromatic heterocycles. The minimum absolute atomic E-state index is 0.0253. The Morgan fingerprint density at radius 3 is 2.14 bits per heavy atom. The molecule has 8 nitrogen and oxygen atoms in total. The maximum absolute atomic E-state index is 12.8. The van der Waals surface area contributed by atoms with Gasteiger partial charge in [-0.3, -0.25) is 19.3 Å². The van der Waals surface area contributed by atoms with Crippen LogP contribution in [0.2, 0.25) is 0 Å². The molecule has 3 amide bonds. The maximum Gasteiger partial charge on any atom is 0.416 e. The predicted octanol–water partition coefficient (Wildman–Crippen LogP) is 4.18. The van der Waals surface area contributed by atoms with Crippen LogP contribution in [0, 0.1) is 0 Å². The lowest BCUT2D eigenvalue weighted by Crippen LogP contribution is -2.33. The molecule has 0 radical (unpaired) electrons. The Kier molecular flexibility index (Phi) is 7.23. The zero-order chi connectivity index (χ0) is 26.6. The van der Waals surface area contributed by atoms with Crippen LogP contribution in [0.25, 0.3) is 0 Å². The number of benzene rings is 3. The molecule has 0 saturated heterocycles. The van der Waals surface area contributed by atoms with E-state index in [2.05, 4.69) is 5.32 Å². The average molecular weight is 512 g/mol. The molecule has 0 unspecified atom stereocenters. The smallest absolute Gasteiger partial charge is 0.416 e. The summed E-state index contributed by atoms with van der Waals surface area (Å²) in [5.41, 5.74) is -0.140. The molecule has 11 heteroatoms. The number of nitrogens with zero attached hydrogens (tertiary/aromatic N) is 1. The van der Waals surface area contributed by atoms with Crippen LogP contribution in [0.1, 0.15) is 36.6 Å². The van der Waals surface area contributed by atoms with Crippen molar-refractivity contribution in [2.75, 3.05) is 25.1 Å². The minimum Gasteiger partial charge on any atom is -0.484 e. The van der Waals surface area contributed by atoms with Gasteiger partial charge in [0, 0.05) is 5.69 Å². The molecule has 0 bridgehead atoms. The van der Waals surface area contributed by atoms with Gasteiger partial charge in [0.25, 0.3) is 17.7 Å². The number of esters is 1. The Bertz CT molecular complexity index is 1320. The predicted molar refractivity (Wildman–Crippen MR) is 124 cm³/mol. The molecule has 1 aliphatic rings. The third kappa shape index (κ3) is 5.95. The number of alkyl halides is 3. The molecule has 1 heterocycles. The Balaban J connectivity index is 1.23. The fraction of sp³-hybridized carbons (Fsp3) is 0.154. The molecular formula is C26H19F3N2O6. The Morgan fingerprint density at radius 1 is 0.865 bits per heavy atom. The van der Waals surface area contributed by atoms with E-state index in [1.54, 1.807) is 24.3 Å². The van der Waals surface area contributed by atoms with Crippen LogP contribution in [0.15, 0.2) is 72.8 Å². The van der Waals surface area contributed by atoms with Crippen molar-refractivity contribution in [2.24, 2.45) is 0 Å². The van der Waals surface area contributed by atoms with Gasteiger partial charge in [0.1, 0.15) is 12.4 Å². The second-order valence-corrected chi connectivity index (χ2v) is 7.88. The van der Waals surface area contributed by atoms with Crippen molar-refractivity contribution in [3.63, 3.8) is 0 Å². The van der Waals surface area contributed by atoms with Gasteiger partial charge >= 0.3 is 12.1 Å². The van der Waals surface area contributed by atoms with Crippen LogP contribution in [0.4, 0.5) is 18.9 Å². The highest BCUT2D eigenvalue weighted by molar-refractivity contribution is 6.21. The number of anilines is 1. The van der Waals surface area contributed by atoms with Crippen molar-refractivity contribution in [1.29, 1.82) is 0 Å². The fourth-order valence-corrected chi connectivity index (χ4v) is 3.56. The van der Waals surface area contributed by atoms with Gasteiger partial charge < -0.3 is 14.8 Å². The Labute approximate surface area is 208 Å². The minimum atomic E-state index is -4.53. The van der Waals surface area contributed by atoms with Crippen molar-refractivity contribution in [2.45, 2.75) is 6.18 Å². The van der Waals surface area contributed by atoms with E-state index in [4.69, 9.17) is 9.47 Å². The van der Waals surface area contributed by atoms with Gasteiger partial charge in [0.2, 0.25) is 0 Å². The average Bonchev–Trinajstić information content (AvgIpc) is 3.12. The molecule has 1 N–H and O–H groups in total. The van der Waals surface area contributed by atoms with E-state index in [9.17, 15) is 32.3 Å². The molecule has 0 spiro atoms. The number of imide groups is 1. The van der Waals surface area contributed by atoms with Crippen LogP contribution >= 0.6 is 0 Å². The summed E-state index contributed by atoms with van der Waals surface area (Å²) in [6.45, 7) is -0.765. The van der Waals surface area contributed by atoms with E-state index in [0.29, 0.717) is 11.1 Å². The monoisotopic (exact) mass is 512 g/mol. The van der Waals surface area contributed by atoms with Crippen molar-refractivity contribution >= 4 is 29.4 Å². The summed E-state index contributed by atoms with van der Waals surface area (Å²) >= 11 is 0. The second kappa shape index (κ2) is 10.5. The summed E-state index contributed by atoms with van der Waals surface area (Å²) in [7, 11) is 0. The van der Waals surface area contributed by atoms with E-state index in [0.717, 1.165) is 17.0 Å². The Hall–Kier alpha value is -4.67. The summed E-state index contributed by atoms with van der Waals surface area (Å²) in [5.74, 6) is -2.02. The number of carbonyl (C=O) groups excluding carboxylic acids is 4. The first-order valence-corrected chi connectivity index (χ1v) is 11.0. The molecule has 0 saturated carbocycles. The number of nitrogens with one attached hydrogen (secondary N) is 1. The van der Waals surface area contributed by atoms with E-state index in [1.165, 1.54) is 36.4 Å². The molecule has 0 aliphatic carbocycles. The molecule has 0 fully saturated rings. The molecule has 0 atom stereocenters. The van der Waals surface area contributed by atoms with E-state index in [-0.39, 0.29) is 30.2 Å². The van der Waals surface area contributed by atoms with Crippen molar-refractivity contribution in [3.8, 4) is 5.75 Å². The van der Waals surface area contributed by atoms with Crippen LogP contribution in [-0.2, 0) is 15.7 Å². The molecule has 1 aliphatic heterocycles. The lowest BCUT2D eigenvalue weighted by molar-refractivity contribution is -0.137. The molecule has 3 aromatic carbocycles. The number of fused-ring (bicyclic) bond motifs is 1. The van der Waals surface area contributed by atoms with Crippen LogP contribution in [-0.4, -0.2) is 48.3 Å². The third-order valence-corrected chi connectivity index (χ3v) is 5.36. The van der Waals surface area contributed by atoms with Gasteiger partial charge in [0.05, 0.1) is 28.8 Å². The van der Waals surface area contributed by atoms with E-state index < -0.39 is 42.0 Å². The van der Waals surface area contributed by atoms with Gasteiger partial charge in [-0.25, -0.2) is 4.79 Å². The number of hydrogen-bond donors (Lipinski definition) is 1. The highest BCUT2D eigenvalue weighted by Crippen LogP contribution is 2.30. The molecule has 4 rings (SSSR count). The normalized spacial score (nSPS) is 12.8. The number of rotatable bonds is 8. The van der Waals surface area contributed by atoms with Crippen LogP contribution in [0.5, 0.6) is 5.75 Å². The second-order valence-electron chi connectivity index (χ2n) is 7.88. The summed E-state index contributed by atoms with van der Waals surface area (Å²) in [6.07, 6.45) is -4.53. The number of amides is 3. The molecule has 37 heavy (non-hydrogen) atoms. The highest BCUT2D eigenvalue weighted by atomic mass is 19.4. The topological polar surface area (TPSA) is 102 Å². The quantitative estimate of drug-likeness (QED) is 0.359. The number of halogens is 3. The standard InChI is InChI=1S/C26H19F3N2O6/c27-26(28,29)17-4-3-5-18(14-17)30-22(32)15-37-19-10-8-16(9-11-19)25(35)36-13-12-31-23(33)20-6-1-2-7-21(20)24(31)34/h1-11,14H,12-13,15H2,(H,30,32). The fourth-order valence-electron chi connectivity index (χ4n) is 3.56. The van der Waals surface area contributed by atoms with Gasteiger partial charge in [0.15, 0.2) is 6.61 Å². The van der Waals surface area contributed by atoms with Crippen molar-refractivity contribution in [3.05, 3.63) is 95.1 Å². The van der Waals surface area contributed by atoms with Crippen molar-refractivity contribution < 1.29 is 41.8 Å². The van der Waals surface area contributed by atoms with Gasteiger partial charge in [-0.1, -0.05) is 18.2 Å². The zero-order valence-electron chi connectivity index (χ0n) is 19.1. The van der Waals surface area contributed by atoms with Gasteiger partial charge in [-0.15, -0.1) is 0 Å². The SMILES string of the molecule is O=C(COc1ccc(C(=O)OCCN2C(=O)c3ccccc3C2=O)cc1)Nc1cccc(C(F)(F)F)c1. The van der Waals surface area contributed by atoms with Crippen LogP contribution in [0.3, 0.4) is 0 Å². The summed E-state index contributed by atoms with van der Waals surface area (Å²) < 4.78 is 48.8. The molecule has 190 valence electrons. The number of hydrogen-bond acceptors (Lipinski definition) is 6. The maximum atomic E-state index is 12.8. The first-order chi connectivity index (χ1) is 17.6. The zero-order valence-corrected chi connectivity index (χ0v) is 19.1. The lowest BCUT2D eigenvalue weighted by atomic mass is 10.1. The Morgan fingerprint density at radius 2 is 1.51 bits per heavy atom. The van der Waals surface area contributed by atoms with E-state index >= 15 is 0 Å². The lowest BCUT2D eigenvalue weighted by Gasteiger charge is -2.14. The van der Waals surface area contributed by atoms with E-state index in [1.807, 2.05) is 0 Å². The number of ether oxygens (including phenoxy) is 2.